The number of rotatable bonds is 13. The number of ether oxygens (including phenoxy) is 1. The molecule has 2 saturated heterocycles. The van der Waals surface area contributed by atoms with Gasteiger partial charge >= 0.3 is 0 Å². The van der Waals surface area contributed by atoms with E-state index in [0.717, 1.165) is 95.8 Å². The maximum Gasteiger partial charge on any atom is 0.254 e. The second-order valence-corrected chi connectivity index (χ2v) is 15.5. The lowest BCUT2D eigenvalue weighted by atomic mass is 9.96. The Bertz CT molecular complexity index is 2200. The molecule has 2 fully saturated rings. The molecule has 56 heavy (non-hydrogen) atoms. The quantitative estimate of drug-likeness (QED) is 0.138. The highest BCUT2D eigenvalue weighted by molar-refractivity contribution is 6.00. The summed E-state index contributed by atoms with van der Waals surface area (Å²) in [5.74, 6) is -0.748. The van der Waals surface area contributed by atoms with Crippen molar-refractivity contribution in [2.24, 2.45) is 5.73 Å². The minimum Gasteiger partial charge on any atom is -0.381 e. The van der Waals surface area contributed by atoms with Crippen molar-refractivity contribution in [1.82, 2.24) is 29.5 Å². The van der Waals surface area contributed by atoms with E-state index in [1.54, 1.807) is 12.1 Å². The van der Waals surface area contributed by atoms with E-state index in [0.29, 0.717) is 50.4 Å². The number of nitrogens with zero attached hydrogens (tertiary/aromatic N) is 6. The summed E-state index contributed by atoms with van der Waals surface area (Å²) in [7, 11) is 2.19. The molecule has 0 unspecified atom stereocenters. The second-order valence-electron chi connectivity index (χ2n) is 15.5. The molecule has 0 atom stereocenters. The van der Waals surface area contributed by atoms with E-state index >= 15 is 0 Å². The number of carbonyl (C=O) groups excluding carboxylic acids is 2. The molecule has 2 aliphatic rings. The molecule has 7 rings (SSSR count). The van der Waals surface area contributed by atoms with Crippen LogP contribution in [0.2, 0.25) is 0 Å². The van der Waals surface area contributed by atoms with Gasteiger partial charge in [-0.3, -0.25) is 14.5 Å². The third kappa shape index (κ3) is 8.80. The Hall–Kier alpha value is -5.10. The first-order valence-corrected chi connectivity index (χ1v) is 20.1. The number of hydrogen-bond donors (Lipinski definition) is 2. The molecular weight excluding hydrogens is 701 g/mol. The smallest absolute Gasteiger partial charge is 0.254 e. The molecule has 2 aromatic heterocycles. The molecule has 0 bridgehead atoms. The summed E-state index contributed by atoms with van der Waals surface area (Å²) in [6.07, 6.45) is 4.35. The summed E-state index contributed by atoms with van der Waals surface area (Å²) in [5.41, 5.74) is 16.8. The van der Waals surface area contributed by atoms with Gasteiger partial charge in [-0.25, -0.2) is 9.67 Å². The van der Waals surface area contributed by atoms with Crippen LogP contribution >= 0.6 is 0 Å². The van der Waals surface area contributed by atoms with Gasteiger partial charge in [0, 0.05) is 87.5 Å². The van der Waals surface area contributed by atoms with E-state index in [1.807, 2.05) is 28.8 Å². The Labute approximate surface area is 330 Å². The molecule has 11 nitrogen and oxygen atoms in total. The highest BCUT2D eigenvalue weighted by atomic mass is 16.5. The van der Waals surface area contributed by atoms with Crippen LogP contribution in [0.1, 0.15) is 80.9 Å². The average molecular weight is 757 g/mol. The number of anilines is 1. The van der Waals surface area contributed by atoms with Crippen LogP contribution < -0.4 is 11.1 Å². The van der Waals surface area contributed by atoms with E-state index in [1.165, 1.54) is 11.1 Å². The number of hydrogen-bond acceptors (Lipinski definition) is 8. The van der Waals surface area contributed by atoms with Crippen molar-refractivity contribution < 1.29 is 14.3 Å². The monoisotopic (exact) mass is 756 g/mol. The zero-order chi connectivity index (χ0) is 39.3. The van der Waals surface area contributed by atoms with Crippen LogP contribution in [0.25, 0.3) is 22.2 Å². The minimum absolute atomic E-state index is 0.184. The molecule has 4 heterocycles. The number of nitrogens with one attached hydrogen (secondary N) is 1. The highest BCUT2D eigenvalue weighted by Crippen LogP contribution is 2.34. The number of fused-ring (bicyclic) bond motifs is 1. The number of nitrogens with two attached hydrogens (primary N) is 1. The standard InChI is InChI=1S/C45H56N8O3/c1-6-41-40(42(48-37-13-19-56-20-14-37)39-26-47-53(7-2)44(39)49-41)29-52(45(55)36-22-30(3)21-35(25-36)43(46)54)28-33-12-11-31(4)38(24-33)34-10-8-9-32(23-34)27-51-17-15-50(5)16-18-51/h8-12,21-26,37H,6-7,13-20,27-29H2,1-5H3,(H2,46,54)(H,48,49). The number of amides is 2. The lowest BCUT2D eigenvalue weighted by Gasteiger charge is -2.32. The van der Waals surface area contributed by atoms with E-state index in [-0.39, 0.29) is 11.9 Å². The molecule has 5 aromatic rings. The summed E-state index contributed by atoms with van der Waals surface area (Å²) in [6.45, 7) is 16.2. The maximum atomic E-state index is 14.9. The topological polar surface area (TPSA) is 122 Å². The lowest BCUT2D eigenvalue weighted by Crippen LogP contribution is -2.43. The molecule has 0 radical (unpaired) electrons. The molecule has 3 N–H and O–H groups in total. The van der Waals surface area contributed by atoms with Gasteiger partial charge in [0.25, 0.3) is 5.91 Å². The summed E-state index contributed by atoms with van der Waals surface area (Å²) >= 11 is 0. The molecular formula is C45H56N8O3. The summed E-state index contributed by atoms with van der Waals surface area (Å²) in [5, 5.41) is 9.52. The molecule has 2 aliphatic heterocycles. The molecule has 3 aromatic carbocycles. The summed E-state index contributed by atoms with van der Waals surface area (Å²) in [6, 6.07) is 20.8. The summed E-state index contributed by atoms with van der Waals surface area (Å²) < 4.78 is 7.64. The van der Waals surface area contributed by atoms with Gasteiger partial charge in [0.2, 0.25) is 5.91 Å². The molecule has 11 heteroatoms. The number of aromatic nitrogens is 3. The number of primary amides is 1. The SMILES string of the molecule is CCc1nc2c(cnn2CC)c(NC2CCOCC2)c1CN(Cc1ccc(C)c(-c2cccc(CN3CCN(C)CC3)c2)c1)C(=O)c1cc(C)cc(C(N)=O)c1. The maximum absolute atomic E-state index is 14.9. The summed E-state index contributed by atoms with van der Waals surface area (Å²) in [4.78, 5) is 39.2. The van der Waals surface area contributed by atoms with Gasteiger partial charge in [-0.05, 0) is 111 Å². The highest BCUT2D eigenvalue weighted by Gasteiger charge is 2.26. The third-order valence-corrected chi connectivity index (χ3v) is 11.3. The fourth-order valence-electron chi connectivity index (χ4n) is 8.10. The van der Waals surface area contributed by atoms with Gasteiger partial charge in [0.1, 0.15) is 0 Å². The fraction of sp³-hybridized carbons (Fsp3) is 0.422. The van der Waals surface area contributed by atoms with Crippen molar-refractivity contribution in [1.29, 1.82) is 0 Å². The van der Waals surface area contributed by atoms with Gasteiger partial charge in [-0.2, -0.15) is 5.10 Å². The molecule has 0 aliphatic carbocycles. The van der Waals surface area contributed by atoms with E-state index in [9.17, 15) is 9.59 Å². The minimum atomic E-state index is -0.564. The van der Waals surface area contributed by atoms with Crippen molar-refractivity contribution in [2.75, 3.05) is 51.8 Å². The van der Waals surface area contributed by atoms with E-state index < -0.39 is 5.91 Å². The van der Waals surface area contributed by atoms with Crippen molar-refractivity contribution in [3.05, 3.63) is 111 Å². The lowest BCUT2D eigenvalue weighted by molar-refractivity contribution is 0.0729. The van der Waals surface area contributed by atoms with Crippen molar-refractivity contribution in [2.45, 2.75) is 79.2 Å². The predicted octanol–water partition coefficient (Wildman–Crippen LogP) is 6.58. The van der Waals surface area contributed by atoms with Gasteiger partial charge in [0.05, 0.1) is 23.8 Å². The van der Waals surface area contributed by atoms with Gasteiger partial charge in [0.15, 0.2) is 5.65 Å². The molecule has 2 amide bonds. The molecule has 294 valence electrons. The van der Waals surface area contributed by atoms with E-state index in [2.05, 4.69) is 85.4 Å². The number of piperazine rings is 1. The Kier molecular flexibility index (Phi) is 12.1. The van der Waals surface area contributed by atoms with Crippen LogP contribution in [0, 0.1) is 13.8 Å². The van der Waals surface area contributed by atoms with Crippen molar-refractivity contribution in [3.63, 3.8) is 0 Å². The molecule has 0 saturated carbocycles. The normalized spacial score (nSPS) is 15.7. The first kappa shape index (κ1) is 39.1. The fourth-order valence-corrected chi connectivity index (χ4v) is 8.10. The van der Waals surface area contributed by atoms with Crippen LogP contribution in [0.15, 0.2) is 66.9 Å². The molecule has 0 spiro atoms. The zero-order valence-electron chi connectivity index (χ0n) is 33.6. The number of likely N-dealkylation sites (N-methyl/N-ethyl adjacent to an activating group) is 1. The van der Waals surface area contributed by atoms with Crippen molar-refractivity contribution in [3.8, 4) is 11.1 Å². The first-order chi connectivity index (χ1) is 27.1. The predicted molar refractivity (Wildman–Crippen MR) is 223 cm³/mol. The van der Waals surface area contributed by atoms with Crippen LogP contribution in [-0.2, 0) is 37.3 Å². The Morgan fingerprint density at radius 1 is 0.929 bits per heavy atom. The Morgan fingerprint density at radius 2 is 1.70 bits per heavy atom. The number of benzene rings is 3. The average Bonchev–Trinajstić information content (AvgIpc) is 3.62. The van der Waals surface area contributed by atoms with Gasteiger partial charge in [-0.15, -0.1) is 0 Å². The van der Waals surface area contributed by atoms with Gasteiger partial charge in [-0.1, -0.05) is 37.3 Å². The van der Waals surface area contributed by atoms with Crippen molar-refractivity contribution >= 4 is 28.5 Å². The first-order valence-electron chi connectivity index (χ1n) is 20.1. The zero-order valence-corrected chi connectivity index (χ0v) is 33.6. The Balaban J connectivity index is 1.28. The second kappa shape index (κ2) is 17.4. The van der Waals surface area contributed by atoms with Crippen LogP contribution in [0.4, 0.5) is 5.69 Å². The van der Waals surface area contributed by atoms with Gasteiger partial charge < -0.3 is 25.6 Å². The Morgan fingerprint density at radius 3 is 2.43 bits per heavy atom. The largest absolute Gasteiger partial charge is 0.381 e. The van der Waals surface area contributed by atoms with E-state index in [4.69, 9.17) is 20.6 Å². The van der Waals surface area contributed by atoms with Crippen LogP contribution in [0.5, 0.6) is 0 Å². The number of pyridine rings is 1. The number of aryl methyl sites for hydroxylation is 4. The third-order valence-electron chi connectivity index (χ3n) is 11.3. The number of carbonyl (C=O) groups is 2. The van der Waals surface area contributed by atoms with Crippen LogP contribution in [0.3, 0.4) is 0 Å². The van der Waals surface area contributed by atoms with Crippen LogP contribution in [-0.4, -0.2) is 93.8 Å².